The van der Waals surface area contributed by atoms with Crippen LogP contribution in [0.25, 0.3) is 0 Å². The Hall–Kier alpha value is -3.16. The molecule has 148 valence electrons. The summed E-state index contributed by atoms with van der Waals surface area (Å²) in [5.74, 6) is 0.613. The van der Waals surface area contributed by atoms with Gasteiger partial charge in [0.15, 0.2) is 0 Å². The predicted molar refractivity (Wildman–Crippen MR) is 101 cm³/mol. The number of rotatable bonds is 6. The number of hydrogen-bond donors (Lipinski definition) is 0. The Morgan fingerprint density at radius 2 is 2.04 bits per heavy atom. The average molecular weight is 385 g/mol. The van der Waals surface area contributed by atoms with Gasteiger partial charge in [0.25, 0.3) is 5.91 Å². The zero-order chi connectivity index (χ0) is 20.3. The topological polar surface area (TPSA) is 90.9 Å². The largest absolute Gasteiger partial charge is 0.490 e. The average Bonchev–Trinajstić information content (AvgIpc) is 3.08. The van der Waals surface area contributed by atoms with E-state index >= 15 is 0 Å². The van der Waals surface area contributed by atoms with Gasteiger partial charge in [-0.3, -0.25) is 4.79 Å². The van der Waals surface area contributed by atoms with Gasteiger partial charge >= 0.3 is 5.97 Å². The molecular formula is C20H23N3O5. The molecule has 0 bridgehead atoms. The predicted octanol–water partition coefficient (Wildman–Crippen LogP) is 2.86. The maximum atomic E-state index is 12.1. The number of amides is 1. The van der Waals surface area contributed by atoms with Crippen molar-refractivity contribution in [2.24, 2.45) is 0 Å². The highest BCUT2D eigenvalue weighted by Crippen LogP contribution is 2.39. The van der Waals surface area contributed by atoms with Crippen molar-refractivity contribution in [2.75, 3.05) is 20.2 Å². The third kappa shape index (κ3) is 4.05. The van der Waals surface area contributed by atoms with E-state index in [1.54, 1.807) is 31.0 Å². The fourth-order valence-electron chi connectivity index (χ4n) is 2.83. The van der Waals surface area contributed by atoms with E-state index in [4.69, 9.17) is 14.2 Å². The van der Waals surface area contributed by atoms with Crippen molar-refractivity contribution >= 4 is 11.9 Å². The Bertz CT molecular complexity index is 882. The highest BCUT2D eigenvalue weighted by molar-refractivity contribution is 5.92. The Morgan fingerprint density at radius 1 is 1.25 bits per heavy atom. The lowest BCUT2D eigenvalue weighted by Crippen LogP contribution is -2.27. The second-order valence-corrected chi connectivity index (χ2v) is 6.47. The third-order valence-electron chi connectivity index (χ3n) is 4.38. The van der Waals surface area contributed by atoms with Gasteiger partial charge in [0.05, 0.1) is 24.6 Å². The molecule has 1 aliphatic rings. The van der Waals surface area contributed by atoms with Crippen LogP contribution in [0.1, 0.15) is 47.2 Å². The number of ether oxygens (including phenoxy) is 3. The van der Waals surface area contributed by atoms with E-state index in [0.717, 1.165) is 5.56 Å². The number of carbonyl (C=O) groups is 2. The van der Waals surface area contributed by atoms with Gasteiger partial charge in [0, 0.05) is 25.6 Å². The van der Waals surface area contributed by atoms with Crippen molar-refractivity contribution in [2.45, 2.75) is 33.3 Å². The lowest BCUT2D eigenvalue weighted by Gasteiger charge is -2.14. The smallest absolute Gasteiger partial charge is 0.338 e. The number of carbonyl (C=O) groups excluding carboxylic acids is 2. The molecule has 28 heavy (non-hydrogen) atoms. The summed E-state index contributed by atoms with van der Waals surface area (Å²) in [7, 11) is 1.69. The maximum absolute atomic E-state index is 12.1. The molecule has 0 N–H and O–H groups in total. The monoisotopic (exact) mass is 385 g/mol. The van der Waals surface area contributed by atoms with Gasteiger partial charge in [-0.15, -0.1) is 0 Å². The van der Waals surface area contributed by atoms with Gasteiger partial charge in [0.1, 0.15) is 23.3 Å². The van der Waals surface area contributed by atoms with Crippen LogP contribution in [0.3, 0.4) is 0 Å². The second kappa shape index (κ2) is 8.24. The van der Waals surface area contributed by atoms with Gasteiger partial charge in [-0.2, -0.15) is 0 Å². The Labute approximate surface area is 163 Å². The quantitative estimate of drug-likeness (QED) is 0.706. The highest BCUT2D eigenvalue weighted by atomic mass is 16.5. The van der Waals surface area contributed by atoms with E-state index in [1.807, 2.05) is 13.8 Å². The van der Waals surface area contributed by atoms with Gasteiger partial charge in [-0.1, -0.05) is 0 Å². The summed E-state index contributed by atoms with van der Waals surface area (Å²) in [5.41, 5.74) is 1.43. The van der Waals surface area contributed by atoms with Crippen molar-refractivity contribution in [3.63, 3.8) is 0 Å². The fourth-order valence-corrected chi connectivity index (χ4v) is 2.83. The van der Waals surface area contributed by atoms with Crippen molar-refractivity contribution in [3.05, 3.63) is 41.3 Å². The molecule has 3 rings (SSSR count). The highest BCUT2D eigenvalue weighted by Gasteiger charge is 2.26. The van der Waals surface area contributed by atoms with Crippen LogP contribution in [0.2, 0.25) is 0 Å². The van der Waals surface area contributed by atoms with Crippen LogP contribution in [-0.4, -0.2) is 53.0 Å². The first-order chi connectivity index (χ1) is 13.4. The minimum Gasteiger partial charge on any atom is -0.490 e. The Kier molecular flexibility index (Phi) is 5.77. The number of nitrogens with zero attached hydrogens (tertiary/aromatic N) is 3. The van der Waals surface area contributed by atoms with Crippen molar-refractivity contribution in [1.29, 1.82) is 0 Å². The van der Waals surface area contributed by atoms with Crippen molar-refractivity contribution < 1.29 is 23.8 Å². The summed E-state index contributed by atoms with van der Waals surface area (Å²) < 4.78 is 16.7. The molecule has 1 amide bonds. The van der Waals surface area contributed by atoms with Gasteiger partial charge in [0.2, 0.25) is 5.88 Å². The molecule has 0 radical (unpaired) electrons. The molecule has 1 aliphatic heterocycles. The van der Waals surface area contributed by atoms with E-state index in [9.17, 15) is 9.59 Å². The molecule has 0 spiro atoms. The fraction of sp³-hybridized carbons (Fsp3) is 0.400. The van der Waals surface area contributed by atoms with E-state index in [2.05, 4.69) is 9.97 Å². The zero-order valence-electron chi connectivity index (χ0n) is 16.4. The number of aromatic nitrogens is 2. The summed E-state index contributed by atoms with van der Waals surface area (Å²) in [6.07, 6.45) is 3.39. The van der Waals surface area contributed by atoms with E-state index < -0.39 is 5.97 Å². The van der Waals surface area contributed by atoms with Crippen molar-refractivity contribution in [3.8, 4) is 17.4 Å². The first kappa shape index (κ1) is 19.6. The summed E-state index contributed by atoms with van der Waals surface area (Å²) in [5, 5.41) is 0. The molecule has 0 aliphatic carbocycles. The number of benzene rings is 1. The van der Waals surface area contributed by atoms with Crippen LogP contribution in [0.5, 0.6) is 17.4 Å². The van der Waals surface area contributed by atoms with Gasteiger partial charge in [-0.05, 0) is 32.9 Å². The van der Waals surface area contributed by atoms with Crippen LogP contribution in [0.4, 0.5) is 0 Å². The molecule has 0 saturated heterocycles. The summed E-state index contributed by atoms with van der Waals surface area (Å²) in [6.45, 7) is 6.41. The van der Waals surface area contributed by atoms with Crippen LogP contribution < -0.4 is 9.47 Å². The molecule has 0 saturated carbocycles. The number of esters is 1. The number of hydrogen-bond acceptors (Lipinski definition) is 7. The van der Waals surface area contributed by atoms with Crippen LogP contribution in [-0.2, 0) is 11.2 Å². The SMILES string of the molecule is CCOC(=O)c1cc(Oc2cnc(C(=O)N(C)CC)cn2)c2c(c1)OC(C)C2. The molecule has 1 unspecified atom stereocenters. The zero-order valence-corrected chi connectivity index (χ0v) is 16.4. The van der Waals surface area contributed by atoms with Crippen LogP contribution in [0.15, 0.2) is 24.5 Å². The van der Waals surface area contributed by atoms with Gasteiger partial charge in [-0.25, -0.2) is 14.8 Å². The molecule has 1 aromatic carbocycles. The van der Waals surface area contributed by atoms with E-state index in [-0.39, 0.29) is 30.2 Å². The molecule has 0 fully saturated rings. The maximum Gasteiger partial charge on any atom is 0.338 e. The van der Waals surface area contributed by atoms with E-state index in [0.29, 0.717) is 30.0 Å². The molecule has 8 nitrogen and oxygen atoms in total. The summed E-state index contributed by atoms with van der Waals surface area (Å²) in [4.78, 5) is 34.1. The minimum absolute atomic E-state index is 0.0227. The summed E-state index contributed by atoms with van der Waals surface area (Å²) >= 11 is 0. The Balaban J connectivity index is 1.87. The number of fused-ring (bicyclic) bond motifs is 1. The second-order valence-electron chi connectivity index (χ2n) is 6.47. The normalized spacial score (nSPS) is 14.8. The van der Waals surface area contributed by atoms with Crippen LogP contribution >= 0.6 is 0 Å². The minimum atomic E-state index is -0.451. The third-order valence-corrected chi connectivity index (χ3v) is 4.38. The van der Waals surface area contributed by atoms with Gasteiger partial charge < -0.3 is 19.1 Å². The molecule has 1 aromatic heterocycles. The summed E-state index contributed by atoms with van der Waals surface area (Å²) in [6, 6.07) is 3.28. The molecule has 2 aromatic rings. The standard InChI is InChI=1S/C20H23N3O5/c1-5-23(4)19(24)15-10-22-18(11-21-15)28-17-9-13(20(25)26-6-2)8-16-14(17)7-12(3)27-16/h8-12H,5-7H2,1-4H3. The first-order valence-electron chi connectivity index (χ1n) is 9.19. The van der Waals surface area contributed by atoms with Crippen LogP contribution in [0, 0.1) is 0 Å². The van der Waals surface area contributed by atoms with E-state index in [1.165, 1.54) is 12.4 Å². The molecule has 2 heterocycles. The molecular weight excluding hydrogens is 362 g/mol. The Morgan fingerprint density at radius 3 is 2.68 bits per heavy atom. The molecule has 8 heteroatoms. The molecule has 1 atom stereocenters. The van der Waals surface area contributed by atoms with Crippen molar-refractivity contribution in [1.82, 2.24) is 14.9 Å². The lowest BCUT2D eigenvalue weighted by atomic mass is 10.1. The first-order valence-corrected chi connectivity index (χ1v) is 9.19. The lowest BCUT2D eigenvalue weighted by molar-refractivity contribution is 0.0525.